The first-order valence-corrected chi connectivity index (χ1v) is 12.7. The van der Waals surface area contributed by atoms with Crippen molar-refractivity contribution in [2.75, 3.05) is 13.2 Å². The number of allylic oxidation sites excluding steroid dienone is 2. The molecule has 4 nitrogen and oxygen atoms in total. The molecule has 158 valence electrons. The van der Waals surface area contributed by atoms with E-state index in [0.29, 0.717) is 0 Å². The molecule has 1 aromatic carbocycles. The number of esters is 2. The zero-order valence-corrected chi connectivity index (χ0v) is 20.0. The minimum absolute atomic E-state index is 0.211. The van der Waals surface area contributed by atoms with Crippen molar-refractivity contribution in [1.82, 2.24) is 0 Å². The predicted molar refractivity (Wildman–Crippen MR) is 130 cm³/mol. The molecule has 2 aliphatic rings. The fraction of sp³-hybridized carbons (Fsp3) is 0.273. The van der Waals surface area contributed by atoms with E-state index in [9.17, 15) is 9.59 Å². The molecule has 0 saturated heterocycles. The number of hydrogen-bond donors (Lipinski definition) is 0. The van der Waals surface area contributed by atoms with Crippen LogP contribution in [0.3, 0.4) is 0 Å². The Kier molecular flexibility index (Phi) is 8.27. The Morgan fingerprint density at radius 3 is 1.60 bits per heavy atom. The summed E-state index contributed by atoms with van der Waals surface area (Å²) < 4.78 is 10.9. The molecular formula is C22H22O4S4. The van der Waals surface area contributed by atoms with Gasteiger partial charge in [-0.25, -0.2) is 9.59 Å². The van der Waals surface area contributed by atoms with E-state index in [4.69, 9.17) is 9.47 Å². The number of benzene rings is 1. The van der Waals surface area contributed by atoms with Gasteiger partial charge in [0.2, 0.25) is 0 Å². The Hall–Kier alpha value is -1.48. The van der Waals surface area contributed by atoms with Crippen LogP contribution in [0.4, 0.5) is 0 Å². The van der Waals surface area contributed by atoms with Crippen LogP contribution < -0.4 is 0 Å². The zero-order chi connectivity index (χ0) is 21.7. The van der Waals surface area contributed by atoms with Crippen molar-refractivity contribution in [2.24, 2.45) is 0 Å². The Morgan fingerprint density at radius 2 is 1.23 bits per heavy atom. The van der Waals surface area contributed by atoms with Crippen LogP contribution in [0.1, 0.15) is 34.1 Å². The van der Waals surface area contributed by atoms with Gasteiger partial charge in [0.15, 0.2) is 0 Å². The van der Waals surface area contributed by atoms with Crippen LogP contribution in [0.5, 0.6) is 0 Å². The second-order valence-corrected chi connectivity index (χ2v) is 12.0. The third-order valence-electron chi connectivity index (χ3n) is 4.38. The molecule has 0 bridgehead atoms. The fourth-order valence-electron chi connectivity index (χ4n) is 2.78. The Balaban J connectivity index is 1.69. The molecule has 30 heavy (non-hydrogen) atoms. The van der Waals surface area contributed by atoms with Crippen molar-refractivity contribution in [3.63, 3.8) is 0 Å². The summed E-state index contributed by atoms with van der Waals surface area (Å²) >= 11 is 7.05. The molecule has 2 unspecified atom stereocenters. The summed E-state index contributed by atoms with van der Waals surface area (Å²) in [6.45, 7) is 11.6. The number of thioether (sulfide) groups is 4. The minimum Gasteiger partial charge on any atom is -0.457 e. The van der Waals surface area contributed by atoms with Gasteiger partial charge in [0.1, 0.15) is 13.2 Å². The molecule has 0 N–H and O–H groups in total. The highest BCUT2D eigenvalue weighted by molar-refractivity contribution is 8.23. The van der Waals surface area contributed by atoms with Crippen molar-refractivity contribution in [2.45, 2.75) is 23.0 Å². The highest BCUT2D eigenvalue weighted by Crippen LogP contribution is 2.60. The first-order chi connectivity index (χ1) is 14.4. The molecule has 0 aromatic heterocycles. The number of carbonyl (C=O) groups is 2. The third kappa shape index (κ3) is 5.60. The Morgan fingerprint density at radius 1 is 0.833 bits per heavy atom. The molecule has 0 radical (unpaired) electrons. The normalized spacial score (nSPS) is 21.0. The van der Waals surface area contributed by atoms with Crippen LogP contribution in [-0.4, -0.2) is 25.2 Å². The molecule has 0 amide bonds. The van der Waals surface area contributed by atoms with Gasteiger partial charge in [0, 0.05) is 22.0 Å². The van der Waals surface area contributed by atoms with Crippen LogP contribution in [-0.2, 0) is 19.1 Å². The van der Waals surface area contributed by atoms with Gasteiger partial charge in [-0.05, 0) is 34.8 Å². The Bertz CT molecular complexity index is 860. The van der Waals surface area contributed by atoms with E-state index in [1.54, 1.807) is 47.0 Å². The summed E-state index contributed by atoms with van der Waals surface area (Å²) in [6.07, 6.45) is 2.37. The second-order valence-electron chi connectivity index (χ2n) is 6.35. The SMILES string of the molecule is C=CC(=O)OCC1=C(C)SC(c2ccccc2C2SC(C)=C(COC(=O)C=C)S2)S1. The smallest absolute Gasteiger partial charge is 0.330 e. The van der Waals surface area contributed by atoms with E-state index in [2.05, 4.69) is 51.3 Å². The topological polar surface area (TPSA) is 52.6 Å². The van der Waals surface area contributed by atoms with Crippen molar-refractivity contribution in [1.29, 1.82) is 0 Å². The lowest BCUT2D eigenvalue weighted by Crippen LogP contribution is -2.03. The van der Waals surface area contributed by atoms with Crippen molar-refractivity contribution in [3.05, 3.63) is 80.3 Å². The van der Waals surface area contributed by atoms with Gasteiger partial charge in [-0.1, -0.05) is 37.4 Å². The van der Waals surface area contributed by atoms with Gasteiger partial charge in [0.05, 0.1) is 9.16 Å². The number of rotatable bonds is 8. The summed E-state index contributed by atoms with van der Waals surface area (Å²) in [4.78, 5) is 27.3. The number of ether oxygens (including phenoxy) is 2. The van der Waals surface area contributed by atoms with Gasteiger partial charge >= 0.3 is 11.9 Å². The molecule has 2 heterocycles. The summed E-state index contributed by atoms with van der Waals surface area (Å²) in [7, 11) is 0. The van der Waals surface area contributed by atoms with E-state index in [0.717, 1.165) is 9.81 Å². The van der Waals surface area contributed by atoms with E-state index in [1.165, 1.54) is 33.1 Å². The molecular weight excluding hydrogens is 457 g/mol. The van der Waals surface area contributed by atoms with Crippen molar-refractivity contribution < 1.29 is 19.1 Å². The first-order valence-electron chi connectivity index (χ1n) is 9.16. The number of carbonyl (C=O) groups excluding carboxylic acids is 2. The summed E-state index contributed by atoms with van der Waals surface area (Å²) in [5, 5.41) is 0. The summed E-state index contributed by atoms with van der Waals surface area (Å²) in [5.41, 5.74) is 2.53. The highest BCUT2D eigenvalue weighted by Gasteiger charge is 2.32. The molecule has 1 aromatic rings. The summed E-state index contributed by atoms with van der Waals surface area (Å²) in [6, 6.07) is 8.45. The van der Waals surface area contributed by atoms with Gasteiger partial charge in [-0.2, -0.15) is 0 Å². The van der Waals surface area contributed by atoms with E-state index in [1.807, 2.05) is 0 Å². The van der Waals surface area contributed by atoms with Gasteiger partial charge < -0.3 is 9.47 Å². The van der Waals surface area contributed by atoms with E-state index < -0.39 is 11.9 Å². The van der Waals surface area contributed by atoms with Gasteiger partial charge in [0.25, 0.3) is 0 Å². The maximum absolute atomic E-state index is 11.4. The largest absolute Gasteiger partial charge is 0.457 e. The maximum Gasteiger partial charge on any atom is 0.330 e. The molecule has 3 rings (SSSR count). The van der Waals surface area contributed by atoms with Crippen LogP contribution in [0.25, 0.3) is 0 Å². The molecule has 0 saturated carbocycles. The van der Waals surface area contributed by atoms with Gasteiger partial charge in [-0.3, -0.25) is 0 Å². The quantitative estimate of drug-likeness (QED) is 0.307. The van der Waals surface area contributed by atoms with Crippen LogP contribution in [0, 0.1) is 0 Å². The van der Waals surface area contributed by atoms with Crippen molar-refractivity contribution >= 4 is 59.0 Å². The standard InChI is InChI=1S/C22H22O4S4/c1-5-19(23)25-11-17-13(3)27-21(29-17)15-9-7-8-10-16(15)22-28-14(4)18(30-22)12-26-20(24)6-2/h5-10,21-22H,1-2,11-12H2,3-4H3. The maximum atomic E-state index is 11.4. The fourth-order valence-corrected chi connectivity index (χ4v) is 8.80. The predicted octanol–water partition coefficient (Wildman–Crippen LogP) is 6.57. The average Bonchev–Trinajstić information content (AvgIpc) is 3.32. The molecule has 2 aliphatic heterocycles. The second kappa shape index (κ2) is 10.7. The van der Waals surface area contributed by atoms with Crippen molar-refractivity contribution in [3.8, 4) is 0 Å². The lowest BCUT2D eigenvalue weighted by molar-refractivity contribution is -0.137. The first kappa shape index (κ1) is 23.2. The monoisotopic (exact) mass is 478 g/mol. The minimum atomic E-state index is -0.408. The van der Waals surface area contributed by atoms with Crippen LogP contribution in [0.15, 0.2) is 69.2 Å². The molecule has 0 fully saturated rings. The Labute approximate surface area is 194 Å². The zero-order valence-electron chi connectivity index (χ0n) is 16.7. The highest BCUT2D eigenvalue weighted by atomic mass is 32.2. The van der Waals surface area contributed by atoms with E-state index >= 15 is 0 Å². The lowest BCUT2D eigenvalue weighted by atomic mass is 10.1. The third-order valence-corrected chi connectivity index (χ3v) is 10.3. The molecule has 0 aliphatic carbocycles. The molecule has 2 atom stereocenters. The van der Waals surface area contributed by atoms with Crippen LogP contribution >= 0.6 is 47.0 Å². The van der Waals surface area contributed by atoms with Gasteiger partial charge in [-0.15, -0.1) is 47.0 Å². The van der Waals surface area contributed by atoms with Crippen LogP contribution in [0.2, 0.25) is 0 Å². The van der Waals surface area contributed by atoms with E-state index in [-0.39, 0.29) is 22.4 Å². The summed E-state index contributed by atoms with van der Waals surface area (Å²) in [5.74, 6) is -0.815. The lowest BCUT2D eigenvalue weighted by Gasteiger charge is -2.19. The molecule has 0 spiro atoms. The molecule has 8 heteroatoms. The number of hydrogen-bond acceptors (Lipinski definition) is 8. The average molecular weight is 479 g/mol.